The minimum Gasteiger partial charge on any atom is -0.462 e. The van der Waals surface area contributed by atoms with E-state index in [0.29, 0.717) is 17.4 Å². The zero-order valence-electron chi connectivity index (χ0n) is 35.7. The number of phosphoric acid groups is 1. The average Bonchev–Trinajstić information content (AvgIpc) is 3.12. The number of carbonyl (C=O) groups is 2. The topological polar surface area (TPSA) is 108 Å². The predicted octanol–water partition coefficient (Wildman–Crippen LogP) is 12.4. The van der Waals surface area contributed by atoms with Crippen molar-refractivity contribution in [1.82, 2.24) is 0 Å². The summed E-state index contributed by atoms with van der Waals surface area (Å²) < 4.78 is 34.2. The molecule has 0 aromatic carbocycles. The standard InChI is InChI=1S/C44H84NO8P/c1-6-8-10-12-14-16-18-20-21-22-23-25-26-28-30-32-34-36-43(46)50-40-42(41-52-54(48,49)51-39-38-45(3,4)5)53-44(47)37-35-33-31-29-27-24-19-17-15-13-11-9-7-2/h24,27,31,33,42H,6-23,25-26,28-30,32,34-41H2,1-5H3/p+1/b27-24+,33-31+. The Morgan fingerprint density at radius 3 is 1.54 bits per heavy atom. The van der Waals surface area contributed by atoms with Crippen molar-refractivity contribution in [2.45, 2.75) is 200 Å². The Morgan fingerprint density at radius 2 is 1.04 bits per heavy atom. The summed E-state index contributed by atoms with van der Waals surface area (Å²) in [7, 11) is 1.45. The number of nitrogens with zero attached hydrogens (tertiary/aromatic N) is 1. The van der Waals surface area contributed by atoms with Gasteiger partial charge in [0.05, 0.1) is 27.7 Å². The molecule has 2 atom stereocenters. The van der Waals surface area contributed by atoms with Crippen LogP contribution in [0.25, 0.3) is 0 Å². The molecule has 0 rings (SSSR count). The molecule has 0 spiro atoms. The van der Waals surface area contributed by atoms with Crippen LogP contribution in [0.2, 0.25) is 0 Å². The highest BCUT2D eigenvalue weighted by Crippen LogP contribution is 2.43. The summed E-state index contributed by atoms with van der Waals surface area (Å²) in [6.45, 7) is 4.36. The summed E-state index contributed by atoms with van der Waals surface area (Å²) in [6, 6.07) is 0. The highest BCUT2D eigenvalue weighted by atomic mass is 31.2. The van der Waals surface area contributed by atoms with Gasteiger partial charge < -0.3 is 18.9 Å². The van der Waals surface area contributed by atoms with Crippen LogP contribution in [0.15, 0.2) is 24.3 Å². The molecule has 0 aromatic heterocycles. The lowest BCUT2D eigenvalue weighted by atomic mass is 10.0. The van der Waals surface area contributed by atoms with Crippen LogP contribution in [0.1, 0.15) is 194 Å². The molecule has 0 saturated carbocycles. The van der Waals surface area contributed by atoms with E-state index in [1.165, 1.54) is 128 Å². The van der Waals surface area contributed by atoms with Crippen molar-refractivity contribution in [1.29, 1.82) is 0 Å². The molecule has 0 radical (unpaired) electrons. The van der Waals surface area contributed by atoms with Crippen molar-refractivity contribution >= 4 is 19.8 Å². The van der Waals surface area contributed by atoms with E-state index in [1.54, 1.807) is 0 Å². The lowest BCUT2D eigenvalue weighted by Gasteiger charge is -2.24. The minimum absolute atomic E-state index is 0.0245. The fourth-order valence-electron chi connectivity index (χ4n) is 6.01. The first-order valence-corrected chi connectivity index (χ1v) is 23.6. The van der Waals surface area contributed by atoms with Crippen molar-refractivity contribution < 1.29 is 42.1 Å². The molecule has 0 heterocycles. The molecule has 10 heteroatoms. The van der Waals surface area contributed by atoms with Crippen LogP contribution in [0.3, 0.4) is 0 Å². The summed E-state index contributed by atoms with van der Waals surface area (Å²) in [5, 5.41) is 0. The fourth-order valence-corrected chi connectivity index (χ4v) is 6.75. The second-order valence-electron chi connectivity index (χ2n) is 16.1. The van der Waals surface area contributed by atoms with Crippen LogP contribution in [0.4, 0.5) is 0 Å². The first-order valence-electron chi connectivity index (χ1n) is 22.1. The number of likely N-dealkylation sites (N-methyl/N-ethyl adjacent to an activating group) is 1. The van der Waals surface area contributed by atoms with Gasteiger partial charge in [-0.1, -0.05) is 173 Å². The Hall–Kier alpha value is -1.51. The second kappa shape index (κ2) is 37.1. The number of quaternary nitrogens is 1. The van der Waals surface area contributed by atoms with Crippen molar-refractivity contribution in [2.75, 3.05) is 47.5 Å². The van der Waals surface area contributed by atoms with Gasteiger partial charge in [0, 0.05) is 12.8 Å². The molecule has 0 amide bonds. The maximum absolute atomic E-state index is 12.6. The van der Waals surface area contributed by atoms with Crippen molar-refractivity contribution in [3.63, 3.8) is 0 Å². The number of ether oxygens (including phenoxy) is 2. The lowest BCUT2D eigenvalue weighted by molar-refractivity contribution is -0.870. The molecule has 1 N–H and O–H groups in total. The molecular formula is C44H85NO8P+. The molecule has 0 fully saturated rings. The number of carbonyl (C=O) groups excluding carboxylic acids is 2. The zero-order valence-corrected chi connectivity index (χ0v) is 36.6. The molecule has 318 valence electrons. The third kappa shape index (κ3) is 40.2. The first-order chi connectivity index (χ1) is 26.0. The molecule has 0 aliphatic rings. The summed E-state index contributed by atoms with van der Waals surface area (Å²) in [6.07, 6.45) is 39.6. The summed E-state index contributed by atoms with van der Waals surface area (Å²) in [4.78, 5) is 35.3. The maximum atomic E-state index is 12.6. The summed E-state index contributed by atoms with van der Waals surface area (Å²) in [5.74, 6) is -0.870. The quantitative estimate of drug-likeness (QED) is 0.0215. The maximum Gasteiger partial charge on any atom is 0.472 e. The number of allylic oxidation sites excluding steroid dienone is 4. The van der Waals surface area contributed by atoms with Crippen LogP contribution >= 0.6 is 7.82 Å². The molecule has 0 saturated heterocycles. The van der Waals surface area contributed by atoms with Gasteiger partial charge >= 0.3 is 19.8 Å². The van der Waals surface area contributed by atoms with Gasteiger partial charge in [-0.05, 0) is 32.1 Å². The Kier molecular flexibility index (Phi) is 36.1. The van der Waals surface area contributed by atoms with E-state index in [2.05, 4.69) is 26.0 Å². The number of esters is 2. The number of rotatable bonds is 40. The Balaban J connectivity index is 4.37. The molecule has 0 aliphatic heterocycles. The highest BCUT2D eigenvalue weighted by molar-refractivity contribution is 7.47. The third-order valence-corrected chi connectivity index (χ3v) is 10.5. The smallest absolute Gasteiger partial charge is 0.462 e. The van der Waals surface area contributed by atoms with E-state index in [1.807, 2.05) is 33.3 Å². The van der Waals surface area contributed by atoms with E-state index in [9.17, 15) is 19.0 Å². The summed E-state index contributed by atoms with van der Waals surface area (Å²) >= 11 is 0. The highest BCUT2D eigenvalue weighted by Gasteiger charge is 2.27. The molecule has 54 heavy (non-hydrogen) atoms. The van der Waals surface area contributed by atoms with E-state index in [0.717, 1.165) is 32.1 Å². The van der Waals surface area contributed by atoms with Crippen LogP contribution < -0.4 is 0 Å². The van der Waals surface area contributed by atoms with Gasteiger partial charge in [0.15, 0.2) is 6.10 Å². The molecule has 0 bridgehead atoms. The van der Waals surface area contributed by atoms with Crippen LogP contribution in [-0.2, 0) is 32.7 Å². The lowest BCUT2D eigenvalue weighted by Crippen LogP contribution is -2.37. The van der Waals surface area contributed by atoms with Crippen LogP contribution in [0, 0.1) is 0 Å². The van der Waals surface area contributed by atoms with Crippen molar-refractivity contribution in [3.05, 3.63) is 24.3 Å². The molecule has 0 aliphatic carbocycles. The first kappa shape index (κ1) is 52.5. The number of unbranched alkanes of at least 4 members (excludes halogenated alkanes) is 22. The average molecular weight is 787 g/mol. The van der Waals surface area contributed by atoms with E-state index in [-0.39, 0.29) is 32.0 Å². The van der Waals surface area contributed by atoms with Gasteiger partial charge in [-0.25, -0.2) is 4.57 Å². The van der Waals surface area contributed by atoms with E-state index in [4.69, 9.17) is 18.5 Å². The number of hydrogen-bond acceptors (Lipinski definition) is 7. The van der Waals surface area contributed by atoms with Crippen LogP contribution in [-0.4, -0.2) is 74.9 Å². The summed E-state index contributed by atoms with van der Waals surface area (Å²) in [5.41, 5.74) is 0. The zero-order chi connectivity index (χ0) is 40.0. The van der Waals surface area contributed by atoms with Gasteiger partial charge in [0.1, 0.15) is 19.8 Å². The van der Waals surface area contributed by atoms with Crippen LogP contribution in [0.5, 0.6) is 0 Å². The number of hydrogen-bond donors (Lipinski definition) is 1. The van der Waals surface area contributed by atoms with Gasteiger partial charge in [0.25, 0.3) is 0 Å². The molecule has 9 nitrogen and oxygen atoms in total. The van der Waals surface area contributed by atoms with Crippen molar-refractivity contribution in [3.8, 4) is 0 Å². The fraction of sp³-hybridized carbons (Fsp3) is 0.864. The van der Waals surface area contributed by atoms with Gasteiger partial charge in [-0.3, -0.25) is 18.6 Å². The third-order valence-electron chi connectivity index (χ3n) is 9.50. The van der Waals surface area contributed by atoms with Gasteiger partial charge in [0.2, 0.25) is 0 Å². The normalized spacial score (nSPS) is 13.8. The number of phosphoric ester groups is 1. The second-order valence-corrected chi connectivity index (χ2v) is 17.5. The Morgan fingerprint density at radius 1 is 0.574 bits per heavy atom. The van der Waals surface area contributed by atoms with Gasteiger partial charge in [-0.15, -0.1) is 0 Å². The van der Waals surface area contributed by atoms with E-state index < -0.39 is 26.5 Å². The minimum atomic E-state index is -4.38. The molecular weight excluding hydrogens is 701 g/mol. The predicted molar refractivity (Wildman–Crippen MR) is 224 cm³/mol. The largest absolute Gasteiger partial charge is 0.472 e. The van der Waals surface area contributed by atoms with Crippen molar-refractivity contribution in [2.24, 2.45) is 0 Å². The SMILES string of the molecule is CCCCCCCC/C=C/C/C=C/CCC(=O)OC(COC(=O)CCCCCCCCCCCCCCCCCCC)COP(=O)(O)OCC[N+](C)(C)C. The Bertz CT molecular complexity index is 980. The monoisotopic (exact) mass is 787 g/mol. The molecule has 0 aromatic rings. The van der Waals surface area contributed by atoms with E-state index >= 15 is 0 Å². The van der Waals surface area contributed by atoms with Gasteiger partial charge in [-0.2, -0.15) is 0 Å². The molecule has 2 unspecified atom stereocenters. The Labute approximate surface area is 332 Å².